The molecule has 1 spiro atoms. The third-order valence-electron chi connectivity index (χ3n) is 7.07. The molecule has 3 aliphatic heterocycles. The molecule has 5 rings (SSSR count). The number of anilines is 1. The van der Waals surface area contributed by atoms with Crippen molar-refractivity contribution in [3.63, 3.8) is 0 Å². The molecular weight excluding hydrogens is 388 g/mol. The average molecular weight is 419 g/mol. The number of fused-ring (bicyclic) bond motifs is 1. The van der Waals surface area contributed by atoms with Crippen molar-refractivity contribution in [2.75, 3.05) is 25.0 Å². The fraction of sp³-hybridized carbons (Fsp3) is 0.440. The van der Waals surface area contributed by atoms with Gasteiger partial charge in [0.25, 0.3) is 5.91 Å². The van der Waals surface area contributed by atoms with Gasteiger partial charge in [0.2, 0.25) is 0 Å². The van der Waals surface area contributed by atoms with Crippen molar-refractivity contribution >= 4 is 17.6 Å². The first-order chi connectivity index (χ1) is 15.1. The molecule has 0 bridgehead atoms. The van der Waals surface area contributed by atoms with Crippen LogP contribution in [0.4, 0.5) is 10.5 Å². The Morgan fingerprint density at radius 1 is 0.839 bits per heavy atom. The van der Waals surface area contributed by atoms with E-state index in [4.69, 9.17) is 0 Å². The van der Waals surface area contributed by atoms with Crippen LogP contribution in [0.3, 0.4) is 0 Å². The lowest BCUT2D eigenvalue weighted by atomic mass is 9.89. The molecule has 2 N–H and O–H groups in total. The van der Waals surface area contributed by atoms with Gasteiger partial charge in [0.05, 0.1) is 0 Å². The maximum Gasteiger partial charge on any atom is 0.322 e. The third-order valence-corrected chi connectivity index (χ3v) is 7.07. The average Bonchev–Trinajstić information content (AvgIpc) is 3.38. The predicted octanol–water partition coefficient (Wildman–Crippen LogP) is 3.98. The maximum absolute atomic E-state index is 13.0. The number of carbonyl (C=O) groups excluding carboxylic acids is 2. The van der Waals surface area contributed by atoms with Gasteiger partial charge in [0.1, 0.15) is 0 Å². The summed E-state index contributed by atoms with van der Waals surface area (Å²) in [6.07, 6.45) is 5.70. The zero-order chi connectivity index (χ0) is 21.3. The standard InChI is InChI=1S/C25H30N4O2/c30-23(28-15-4-12-25(13-16-28)11-3-14-26-25)19-7-9-22(10-8-19)27-24(31)29-17-20-5-1-2-6-21(20)18-29/h1-2,5-10,26H,3-4,11-18H2,(H,27,31). The Morgan fingerprint density at radius 2 is 1.55 bits per heavy atom. The number of rotatable bonds is 2. The monoisotopic (exact) mass is 418 g/mol. The number of amides is 3. The van der Waals surface area contributed by atoms with Gasteiger partial charge in [-0.3, -0.25) is 4.79 Å². The largest absolute Gasteiger partial charge is 0.339 e. The Hall–Kier alpha value is -2.86. The summed E-state index contributed by atoms with van der Waals surface area (Å²) in [5.74, 6) is 0.0860. The molecule has 3 aliphatic rings. The topological polar surface area (TPSA) is 64.7 Å². The van der Waals surface area contributed by atoms with Gasteiger partial charge >= 0.3 is 6.03 Å². The molecule has 0 saturated carbocycles. The van der Waals surface area contributed by atoms with Crippen LogP contribution in [0.25, 0.3) is 0 Å². The summed E-state index contributed by atoms with van der Waals surface area (Å²) in [7, 11) is 0. The van der Waals surface area contributed by atoms with Crippen LogP contribution in [0.5, 0.6) is 0 Å². The van der Waals surface area contributed by atoms with Crippen molar-refractivity contribution in [3.05, 3.63) is 65.2 Å². The maximum atomic E-state index is 13.0. The summed E-state index contributed by atoms with van der Waals surface area (Å²) in [6, 6.07) is 15.3. The highest BCUT2D eigenvalue weighted by molar-refractivity contribution is 5.95. The minimum Gasteiger partial charge on any atom is -0.339 e. The van der Waals surface area contributed by atoms with Gasteiger partial charge in [0.15, 0.2) is 0 Å². The van der Waals surface area contributed by atoms with Crippen molar-refractivity contribution in [2.24, 2.45) is 0 Å². The van der Waals surface area contributed by atoms with Gasteiger partial charge in [-0.2, -0.15) is 0 Å². The van der Waals surface area contributed by atoms with Crippen molar-refractivity contribution in [1.82, 2.24) is 15.1 Å². The molecule has 2 aromatic rings. The second kappa shape index (κ2) is 8.35. The molecule has 2 saturated heterocycles. The predicted molar refractivity (Wildman–Crippen MR) is 121 cm³/mol. The number of benzene rings is 2. The van der Waals surface area contributed by atoms with Crippen molar-refractivity contribution in [1.29, 1.82) is 0 Å². The number of likely N-dealkylation sites (tertiary alicyclic amines) is 1. The molecule has 1 unspecified atom stereocenters. The van der Waals surface area contributed by atoms with E-state index in [-0.39, 0.29) is 17.5 Å². The van der Waals surface area contributed by atoms with E-state index >= 15 is 0 Å². The number of nitrogens with zero attached hydrogens (tertiary/aromatic N) is 2. The molecule has 3 heterocycles. The van der Waals surface area contributed by atoms with E-state index < -0.39 is 0 Å². The van der Waals surface area contributed by atoms with Gasteiger partial charge in [-0.15, -0.1) is 0 Å². The normalized spacial score (nSPS) is 23.0. The molecule has 2 aromatic carbocycles. The smallest absolute Gasteiger partial charge is 0.322 e. The summed E-state index contributed by atoms with van der Waals surface area (Å²) >= 11 is 0. The minimum atomic E-state index is -0.114. The van der Waals surface area contributed by atoms with E-state index in [9.17, 15) is 9.59 Å². The second-order valence-electron chi connectivity index (χ2n) is 9.09. The molecular formula is C25H30N4O2. The Balaban J connectivity index is 1.18. The highest BCUT2D eigenvalue weighted by atomic mass is 16.2. The van der Waals surface area contributed by atoms with Crippen molar-refractivity contribution < 1.29 is 9.59 Å². The summed E-state index contributed by atoms with van der Waals surface area (Å²) in [4.78, 5) is 29.5. The van der Waals surface area contributed by atoms with Gasteiger partial charge in [-0.05, 0) is 74.0 Å². The lowest BCUT2D eigenvalue weighted by Gasteiger charge is -2.28. The first-order valence-electron chi connectivity index (χ1n) is 11.4. The summed E-state index contributed by atoms with van der Waals surface area (Å²) in [6.45, 7) is 3.98. The zero-order valence-electron chi connectivity index (χ0n) is 17.9. The Bertz CT molecular complexity index is 941. The van der Waals surface area contributed by atoms with E-state index in [0.717, 1.165) is 38.9 Å². The van der Waals surface area contributed by atoms with E-state index in [1.807, 2.05) is 41.3 Å². The third kappa shape index (κ3) is 4.17. The lowest BCUT2D eigenvalue weighted by molar-refractivity contribution is 0.0758. The van der Waals surface area contributed by atoms with Crippen molar-refractivity contribution in [2.45, 2.75) is 50.7 Å². The van der Waals surface area contributed by atoms with Crippen LogP contribution in [-0.4, -0.2) is 46.9 Å². The van der Waals surface area contributed by atoms with Crippen molar-refractivity contribution in [3.8, 4) is 0 Å². The molecule has 0 aliphatic carbocycles. The minimum absolute atomic E-state index is 0.0860. The molecule has 6 heteroatoms. The van der Waals surface area contributed by atoms with Gasteiger partial charge in [0, 0.05) is 43.0 Å². The van der Waals surface area contributed by atoms with E-state index in [0.29, 0.717) is 24.3 Å². The molecule has 162 valence electrons. The number of hydrogen-bond acceptors (Lipinski definition) is 3. The molecule has 6 nitrogen and oxygen atoms in total. The Kier molecular flexibility index (Phi) is 5.40. The Labute approximate surface area is 183 Å². The number of urea groups is 1. The second-order valence-corrected chi connectivity index (χ2v) is 9.09. The molecule has 31 heavy (non-hydrogen) atoms. The summed E-state index contributed by atoms with van der Waals surface area (Å²) < 4.78 is 0. The summed E-state index contributed by atoms with van der Waals surface area (Å²) in [5.41, 5.74) is 4.04. The first-order valence-corrected chi connectivity index (χ1v) is 11.4. The van der Waals surface area contributed by atoms with Crippen LogP contribution >= 0.6 is 0 Å². The first kappa shape index (κ1) is 20.1. The molecule has 0 radical (unpaired) electrons. The fourth-order valence-corrected chi connectivity index (χ4v) is 5.25. The molecule has 2 fully saturated rings. The van der Waals surface area contributed by atoms with Crippen LogP contribution in [0, 0.1) is 0 Å². The van der Waals surface area contributed by atoms with Gasteiger partial charge < -0.3 is 20.4 Å². The van der Waals surface area contributed by atoms with Crippen LogP contribution in [0.15, 0.2) is 48.5 Å². The Morgan fingerprint density at radius 3 is 2.23 bits per heavy atom. The number of nitrogens with one attached hydrogen (secondary N) is 2. The quantitative estimate of drug-likeness (QED) is 0.775. The SMILES string of the molecule is O=C(Nc1ccc(C(=O)N2CCCC3(CCCN3)CC2)cc1)N1Cc2ccccc2C1. The zero-order valence-corrected chi connectivity index (χ0v) is 17.9. The van der Waals surface area contributed by atoms with E-state index in [2.05, 4.69) is 22.8 Å². The van der Waals surface area contributed by atoms with E-state index in [1.54, 1.807) is 4.90 Å². The van der Waals surface area contributed by atoms with Crippen LogP contribution in [-0.2, 0) is 13.1 Å². The van der Waals surface area contributed by atoms with E-state index in [1.165, 1.54) is 24.0 Å². The lowest BCUT2D eigenvalue weighted by Crippen LogP contribution is -2.41. The number of hydrogen-bond donors (Lipinski definition) is 2. The van der Waals surface area contributed by atoms with Gasteiger partial charge in [-0.1, -0.05) is 24.3 Å². The molecule has 1 atom stereocenters. The molecule has 3 amide bonds. The fourth-order valence-electron chi connectivity index (χ4n) is 5.25. The number of carbonyl (C=O) groups is 2. The van der Waals surface area contributed by atoms with Crippen LogP contribution in [0.2, 0.25) is 0 Å². The summed E-state index contributed by atoms with van der Waals surface area (Å²) in [5, 5.41) is 6.64. The van der Waals surface area contributed by atoms with Crippen LogP contribution < -0.4 is 10.6 Å². The highest BCUT2D eigenvalue weighted by Crippen LogP contribution is 2.31. The van der Waals surface area contributed by atoms with Gasteiger partial charge in [-0.25, -0.2) is 4.79 Å². The van der Waals surface area contributed by atoms with Crippen LogP contribution in [0.1, 0.15) is 53.6 Å². The highest BCUT2D eigenvalue weighted by Gasteiger charge is 2.35. The molecule has 0 aromatic heterocycles.